The lowest BCUT2D eigenvalue weighted by Gasteiger charge is -2.37. The fraction of sp³-hybridized carbons (Fsp3) is 0.680. The SMILES string of the molecule is CC(C)(N)C(=O)N1CCN(C(=O)Nc2ccn(C3=CCC(CN[C@H]4CC[C@H](N)C4)CC3)c(=O)n2)CC1.Cl. The molecule has 0 aromatic carbocycles. The van der Waals surface area contributed by atoms with Crippen LogP contribution in [-0.2, 0) is 4.79 Å². The lowest BCUT2D eigenvalue weighted by molar-refractivity contribution is -0.137. The second-order valence-electron chi connectivity index (χ2n) is 10.9. The Labute approximate surface area is 224 Å². The number of piperazine rings is 1. The summed E-state index contributed by atoms with van der Waals surface area (Å²) in [7, 11) is 0. The molecule has 206 valence electrons. The number of amides is 3. The third kappa shape index (κ3) is 7.53. The normalized spacial score (nSPS) is 24.3. The first-order chi connectivity index (χ1) is 17.1. The van der Waals surface area contributed by atoms with Crippen molar-refractivity contribution in [3.05, 3.63) is 28.8 Å². The summed E-state index contributed by atoms with van der Waals surface area (Å²) in [6, 6.07) is 2.17. The Balaban J connectivity index is 0.00000380. The van der Waals surface area contributed by atoms with Crippen molar-refractivity contribution in [2.45, 2.75) is 70.0 Å². The van der Waals surface area contributed by atoms with E-state index in [2.05, 4.69) is 21.7 Å². The Bertz CT molecular complexity index is 1050. The van der Waals surface area contributed by atoms with Gasteiger partial charge in [0.1, 0.15) is 5.82 Å². The van der Waals surface area contributed by atoms with E-state index in [0.29, 0.717) is 44.2 Å². The number of carbonyl (C=O) groups excluding carboxylic acids is 2. The van der Waals surface area contributed by atoms with Gasteiger partial charge in [-0.1, -0.05) is 6.08 Å². The van der Waals surface area contributed by atoms with Crippen LogP contribution in [0.3, 0.4) is 0 Å². The molecule has 1 unspecified atom stereocenters. The van der Waals surface area contributed by atoms with Gasteiger partial charge >= 0.3 is 11.7 Å². The highest BCUT2D eigenvalue weighted by Crippen LogP contribution is 2.26. The Hall–Kier alpha value is -2.47. The van der Waals surface area contributed by atoms with E-state index in [-0.39, 0.29) is 30.2 Å². The average Bonchev–Trinajstić information content (AvgIpc) is 3.27. The summed E-state index contributed by atoms with van der Waals surface area (Å²) in [5, 5.41) is 6.36. The Kier molecular flexibility index (Phi) is 9.74. The lowest BCUT2D eigenvalue weighted by atomic mass is 9.92. The lowest BCUT2D eigenvalue weighted by Crippen LogP contribution is -2.58. The van der Waals surface area contributed by atoms with Crippen LogP contribution in [0.4, 0.5) is 10.6 Å². The Morgan fingerprint density at radius 3 is 2.41 bits per heavy atom. The van der Waals surface area contributed by atoms with E-state index in [1.807, 2.05) is 0 Å². The van der Waals surface area contributed by atoms with Gasteiger partial charge in [0.15, 0.2) is 0 Å². The maximum atomic E-state index is 12.7. The highest BCUT2D eigenvalue weighted by molar-refractivity contribution is 5.89. The molecule has 0 spiro atoms. The molecule has 0 bridgehead atoms. The van der Waals surface area contributed by atoms with Crippen LogP contribution in [0.5, 0.6) is 0 Å². The van der Waals surface area contributed by atoms with E-state index in [4.69, 9.17) is 11.5 Å². The molecule has 1 saturated carbocycles. The predicted molar refractivity (Wildman–Crippen MR) is 146 cm³/mol. The van der Waals surface area contributed by atoms with Crippen LogP contribution in [0, 0.1) is 5.92 Å². The standard InChI is InChI=1S/C25H40N8O3.ClH/c1-25(2,27)22(34)31-11-13-32(14-12-31)23(35)29-21-9-10-33(24(36)30-21)20-7-3-17(4-8-20)16-28-19-6-5-18(26)15-19;/h7,9-10,17-19,28H,3-6,8,11-16,26-27H2,1-2H3,(H,29,30,35,36);1H/t17?,18-,19-;/m0./s1. The molecule has 2 fully saturated rings. The molecule has 2 aliphatic carbocycles. The van der Waals surface area contributed by atoms with Gasteiger partial charge in [0.2, 0.25) is 5.91 Å². The smallest absolute Gasteiger partial charge is 0.338 e. The van der Waals surface area contributed by atoms with Gasteiger partial charge in [-0.15, -0.1) is 12.4 Å². The van der Waals surface area contributed by atoms with Crippen molar-refractivity contribution >= 4 is 35.9 Å². The molecule has 3 aliphatic rings. The second kappa shape index (κ2) is 12.4. The molecular formula is C25H41ClN8O3. The number of nitrogens with two attached hydrogens (primary N) is 2. The first kappa shape index (κ1) is 29.1. The third-order valence-corrected chi connectivity index (χ3v) is 7.42. The fourth-order valence-corrected chi connectivity index (χ4v) is 5.21. The molecule has 2 heterocycles. The third-order valence-electron chi connectivity index (χ3n) is 7.42. The molecular weight excluding hydrogens is 496 g/mol. The van der Waals surface area contributed by atoms with Crippen molar-refractivity contribution in [3.63, 3.8) is 0 Å². The van der Waals surface area contributed by atoms with Crippen LogP contribution in [0.2, 0.25) is 0 Å². The van der Waals surface area contributed by atoms with Crippen molar-refractivity contribution in [1.29, 1.82) is 0 Å². The average molecular weight is 537 g/mol. The van der Waals surface area contributed by atoms with Crippen LogP contribution in [0.15, 0.2) is 23.1 Å². The van der Waals surface area contributed by atoms with E-state index in [0.717, 1.165) is 50.8 Å². The van der Waals surface area contributed by atoms with Crippen molar-refractivity contribution in [2.75, 3.05) is 38.0 Å². The van der Waals surface area contributed by atoms with Crippen LogP contribution >= 0.6 is 12.4 Å². The first-order valence-electron chi connectivity index (χ1n) is 13.0. The van der Waals surface area contributed by atoms with Crippen molar-refractivity contribution in [2.24, 2.45) is 17.4 Å². The highest BCUT2D eigenvalue weighted by atomic mass is 35.5. The molecule has 1 aliphatic heterocycles. The van der Waals surface area contributed by atoms with E-state index in [1.165, 1.54) is 0 Å². The number of allylic oxidation sites excluding steroid dienone is 2. The zero-order chi connectivity index (χ0) is 25.9. The van der Waals surface area contributed by atoms with Crippen LogP contribution in [-0.4, -0.2) is 81.6 Å². The van der Waals surface area contributed by atoms with Crippen LogP contribution < -0.4 is 27.8 Å². The van der Waals surface area contributed by atoms with Gasteiger partial charge in [0.25, 0.3) is 0 Å². The number of aromatic nitrogens is 2. The number of anilines is 1. The van der Waals surface area contributed by atoms with E-state index >= 15 is 0 Å². The molecule has 0 radical (unpaired) electrons. The second-order valence-corrected chi connectivity index (χ2v) is 10.9. The van der Waals surface area contributed by atoms with Gasteiger partial charge in [0, 0.05) is 50.2 Å². The minimum atomic E-state index is -0.937. The summed E-state index contributed by atoms with van der Waals surface area (Å²) in [5.74, 6) is 0.640. The number of nitrogens with zero attached hydrogens (tertiary/aromatic N) is 4. The Morgan fingerprint density at radius 2 is 1.84 bits per heavy atom. The molecule has 4 rings (SSSR count). The fourth-order valence-electron chi connectivity index (χ4n) is 5.21. The monoisotopic (exact) mass is 536 g/mol. The number of rotatable bonds is 6. The first-order valence-corrected chi connectivity index (χ1v) is 13.0. The maximum Gasteiger partial charge on any atom is 0.353 e. The van der Waals surface area contributed by atoms with Crippen molar-refractivity contribution < 1.29 is 9.59 Å². The molecule has 3 amide bonds. The topological polar surface area (TPSA) is 152 Å². The zero-order valence-corrected chi connectivity index (χ0v) is 22.6. The zero-order valence-electron chi connectivity index (χ0n) is 21.8. The maximum absolute atomic E-state index is 12.7. The molecule has 3 atom stereocenters. The van der Waals surface area contributed by atoms with Crippen molar-refractivity contribution in [3.8, 4) is 0 Å². The molecule has 37 heavy (non-hydrogen) atoms. The van der Waals surface area contributed by atoms with E-state index in [1.54, 1.807) is 40.5 Å². The number of hydrogen-bond acceptors (Lipinski definition) is 7. The number of carbonyl (C=O) groups is 2. The van der Waals surface area contributed by atoms with Crippen LogP contribution in [0.25, 0.3) is 5.70 Å². The van der Waals surface area contributed by atoms with Gasteiger partial charge < -0.3 is 26.6 Å². The van der Waals surface area contributed by atoms with Gasteiger partial charge in [-0.05, 0) is 70.9 Å². The van der Waals surface area contributed by atoms with Crippen molar-refractivity contribution in [1.82, 2.24) is 24.7 Å². The summed E-state index contributed by atoms with van der Waals surface area (Å²) in [6.45, 7) is 5.94. The van der Waals surface area contributed by atoms with E-state index < -0.39 is 11.2 Å². The predicted octanol–water partition coefficient (Wildman–Crippen LogP) is 1.19. The largest absolute Gasteiger partial charge is 0.353 e. The summed E-state index contributed by atoms with van der Waals surface area (Å²) >= 11 is 0. The number of nitrogens with one attached hydrogen (secondary N) is 2. The number of urea groups is 1. The Morgan fingerprint density at radius 1 is 1.14 bits per heavy atom. The van der Waals surface area contributed by atoms with Gasteiger partial charge in [-0.25, -0.2) is 9.59 Å². The summed E-state index contributed by atoms with van der Waals surface area (Å²) in [5.41, 5.74) is 11.5. The highest BCUT2D eigenvalue weighted by Gasteiger charge is 2.31. The minimum Gasteiger partial charge on any atom is -0.338 e. The molecule has 1 aromatic heterocycles. The minimum absolute atomic E-state index is 0. The molecule has 12 heteroatoms. The molecule has 6 N–H and O–H groups in total. The molecule has 1 saturated heterocycles. The van der Waals surface area contributed by atoms with Gasteiger partial charge in [-0.3, -0.25) is 14.7 Å². The summed E-state index contributed by atoms with van der Waals surface area (Å²) < 4.78 is 1.56. The van der Waals surface area contributed by atoms with E-state index in [9.17, 15) is 14.4 Å². The molecule has 1 aromatic rings. The number of hydrogen-bond donors (Lipinski definition) is 4. The van der Waals surface area contributed by atoms with Crippen LogP contribution in [0.1, 0.15) is 52.4 Å². The van der Waals surface area contributed by atoms with Gasteiger partial charge in [-0.2, -0.15) is 4.98 Å². The summed E-state index contributed by atoms with van der Waals surface area (Å²) in [4.78, 5) is 45.0. The molecule has 11 nitrogen and oxygen atoms in total. The summed E-state index contributed by atoms with van der Waals surface area (Å²) in [6.07, 6.45) is 9.86. The number of halogens is 1. The quantitative estimate of drug-likeness (QED) is 0.426. The van der Waals surface area contributed by atoms with Gasteiger partial charge in [0.05, 0.1) is 5.54 Å².